The van der Waals surface area contributed by atoms with Crippen LogP contribution in [0, 0.1) is 5.82 Å². The van der Waals surface area contributed by atoms with Gasteiger partial charge >= 0.3 is 0 Å². The Morgan fingerprint density at radius 2 is 1.46 bits per heavy atom. The second kappa shape index (κ2) is 6.85. The smallest absolute Gasteiger partial charge is 0.187 e. The van der Waals surface area contributed by atoms with Crippen molar-refractivity contribution in [3.8, 4) is 28.2 Å². The van der Waals surface area contributed by atoms with Gasteiger partial charge in [-0.05, 0) is 39.2 Å². The summed E-state index contributed by atoms with van der Waals surface area (Å²) in [6.07, 6.45) is 0. The average Bonchev–Trinajstić information content (AvgIpc) is 3.17. The molecule has 0 unspecified atom stereocenters. The molecule has 0 atom stereocenters. The first kappa shape index (κ1) is 16.1. The highest BCUT2D eigenvalue weighted by atomic mass is 19.1. The number of hydrogen-bond donors (Lipinski definition) is 1. The average molecular weight is 345 g/mol. The number of rotatable bonds is 4. The van der Waals surface area contributed by atoms with Gasteiger partial charge in [-0.15, -0.1) is 5.10 Å². The molecule has 1 aromatic heterocycles. The van der Waals surface area contributed by atoms with Crippen LogP contribution in [0.3, 0.4) is 0 Å². The zero-order valence-corrected chi connectivity index (χ0v) is 13.9. The van der Waals surface area contributed by atoms with Crippen LogP contribution in [0.5, 0.6) is 0 Å². The Kier molecular flexibility index (Phi) is 4.25. The molecule has 3 aromatic carbocycles. The number of para-hydroxylation sites is 1. The molecule has 26 heavy (non-hydrogen) atoms. The first-order chi connectivity index (χ1) is 12.8. The molecule has 0 aliphatic rings. The highest BCUT2D eigenvalue weighted by Crippen LogP contribution is 2.33. The van der Waals surface area contributed by atoms with Crippen molar-refractivity contribution in [1.29, 1.82) is 0 Å². The number of aromatic nitrogens is 4. The van der Waals surface area contributed by atoms with Gasteiger partial charge in [-0.3, -0.25) is 0 Å². The lowest BCUT2D eigenvalue weighted by Crippen LogP contribution is -2.04. The summed E-state index contributed by atoms with van der Waals surface area (Å²) < 4.78 is 15.7. The molecular weight excluding hydrogens is 329 g/mol. The number of nitrogens with zero attached hydrogens (tertiary/aromatic N) is 4. The molecule has 1 heterocycles. The second-order valence-corrected chi connectivity index (χ2v) is 5.77. The van der Waals surface area contributed by atoms with Crippen molar-refractivity contribution in [3.05, 3.63) is 84.2 Å². The van der Waals surface area contributed by atoms with E-state index in [4.69, 9.17) is 5.73 Å². The number of nitrogens with two attached hydrogens (primary N) is 1. The maximum atomic E-state index is 14.3. The highest BCUT2D eigenvalue weighted by molar-refractivity contribution is 5.82. The minimum absolute atomic E-state index is 0.300. The van der Waals surface area contributed by atoms with Gasteiger partial charge in [0, 0.05) is 12.1 Å². The monoisotopic (exact) mass is 345 g/mol. The van der Waals surface area contributed by atoms with Crippen LogP contribution in [0.2, 0.25) is 0 Å². The van der Waals surface area contributed by atoms with Crippen LogP contribution in [0.25, 0.3) is 28.2 Å². The molecule has 4 aromatic rings. The quantitative estimate of drug-likeness (QED) is 0.614. The Balaban J connectivity index is 1.93. The molecule has 0 fully saturated rings. The standard InChI is InChI=1S/C20H16FN5/c21-18-11-5-6-12-19(18)26-20(23-24-25-26)17-10-4-3-9-16(17)15-8-2-1-7-14(15)13-22/h1-12H,13,22H2. The molecule has 0 saturated heterocycles. The molecule has 128 valence electrons. The summed E-state index contributed by atoms with van der Waals surface area (Å²) in [6, 6.07) is 22.1. The lowest BCUT2D eigenvalue weighted by atomic mass is 9.95. The van der Waals surface area contributed by atoms with Crippen LogP contribution in [-0.2, 0) is 6.54 Å². The third-order valence-corrected chi connectivity index (χ3v) is 4.25. The highest BCUT2D eigenvalue weighted by Gasteiger charge is 2.18. The van der Waals surface area contributed by atoms with Crippen molar-refractivity contribution in [2.24, 2.45) is 5.73 Å². The molecule has 0 saturated carbocycles. The van der Waals surface area contributed by atoms with E-state index >= 15 is 0 Å². The summed E-state index contributed by atoms with van der Waals surface area (Å²) in [5.74, 6) is 0.0819. The fraction of sp³-hybridized carbons (Fsp3) is 0.0500. The molecule has 2 N–H and O–H groups in total. The second-order valence-electron chi connectivity index (χ2n) is 5.77. The minimum atomic E-state index is -0.388. The SMILES string of the molecule is NCc1ccccc1-c1ccccc1-c1nnnn1-c1ccccc1F. The topological polar surface area (TPSA) is 69.6 Å². The summed E-state index contributed by atoms with van der Waals surface area (Å²) in [5.41, 5.74) is 9.98. The number of tetrazole rings is 1. The van der Waals surface area contributed by atoms with Crippen LogP contribution in [0.4, 0.5) is 4.39 Å². The lowest BCUT2D eigenvalue weighted by molar-refractivity contribution is 0.608. The van der Waals surface area contributed by atoms with Gasteiger partial charge in [0.25, 0.3) is 0 Å². The van der Waals surface area contributed by atoms with Crippen molar-refractivity contribution in [1.82, 2.24) is 20.2 Å². The van der Waals surface area contributed by atoms with Gasteiger partial charge in [0.2, 0.25) is 0 Å². The summed E-state index contributed by atoms with van der Waals surface area (Å²) in [7, 11) is 0. The summed E-state index contributed by atoms with van der Waals surface area (Å²) in [5, 5.41) is 11.9. The van der Waals surface area contributed by atoms with E-state index < -0.39 is 0 Å². The van der Waals surface area contributed by atoms with Crippen LogP contribution < -0.4 is 5.73 Å². The Bertz CT molecular complexity index is 1060. The van der Waals surface area contributed by atoms with E-state index in [1.165, 1.54) is 10.7 Å². The summed E-state index contributed by atoms with van der Waals surface area (Å²) in [4.78, 5) is 0. The molecule has 4 rings (SSSR count). The van der Waals surface area contributed by atoms with Crippen molar-refractivity contribution < 1.29 is 4.39 Å². The molecule has 0 radical (unpaired) electrons. The van der Waals surface area contributed by atoms with Gasteiger partial charge in [-0.1, -0.05) is 60.7 Å². The number of halogens is 1. The molecule has 5 nitrogen and oxygen atoms in total. The maximum Gasteiger partial charge on any atom is 0.187 e. The van der Waals surface area contributed by atoms with Gasteiger partial charge in [0.05, 0.1) is 0 Å². The predicted octanol–water partition coefficient (Wildman–Crippen LogP) is 3.59. The summed E-state index contributed by atoms with van der Waals surface area (Å²) >= 11 is 0. The van der Waals surface area contributed by atoms with Crippen molar-refractivity contribution in [2.75, 3.05) is 0 Å². The van der Waals surface area contributed by atoms with E-state index in [-0.39, 0.29) is 5.82 Å². The van der Waals surface area contributed by atoms with Crippen LogP contribution in [-0.4, -0.2) is 20.2 Å². The fourth-order valence-electron chi connectivity index (χ4n) is 3.01. The Hall–Kier alpha value is -3.38. The predicted molar refractivity (Wildman–Crippen MR) is 97.9 cm³/mol. The Morgan fingerprint density at radius 1 is 0.808 bits per heavy atom. The van der Waals surface area contributed by atoms with E-state index in [0.717, 1.165) is 22.3 Å². The van der Waals surface area contributed by atoms with Crippen molar-refractivity contribution >= 4 is 0 Å². The minimum Gasteiger partial charge on any atom is -0.326 e. The largest absolute Gasteiger partial charge is 0.326 e. The van der Waals surface area contributed by atoms with Gasteiger partial charge < -0.3 is 5.73 Å². The summed E-state index contributed by atoms with van der Waals surface area (Å²) in [6.45, 7) is 0.419. The van der Waals surface area contributed by atoms with Gasteiger partial charge in [-0.2, -0.15) is 4.68 Å². The molecule has 0 amide bonds. The zero-order valence-electron chi connectivity index (χ0n) is 13.9. The zero-order chi connectivity index (χ0) is 17.9. The van der Waals surface area contributed by atoms with Crippen LogP contribution in [0.15, 0.2) is 72.8 Å². The Morgan fingerprint density at radius 3 is 2.23 bits per heavy atom. The number of hydrogen-bond acceptors (Lipinski definition) is 4. The fourth-order valence-corrected chi connectivity index (χ4v) is 3.01. The maximum absolute atomic E-state index is 14.3. The Labute approximate surface area is 149 Å². The molecule has 0 bridgehead atoms. The van der Waals surface area contributed by atoms with E-state index in [1.807, 2.05) is 48.5 Å². The molecular formula is C20H16FN5. The normalized spacial score (nSPS) is 10.8. The molecule has 0 aliphatic heterocycles. The van der Waals surface area contributed by atoms with E-state index in [1.54, 1.807) is 18.2 Å². The molecule has 0 spiro atoms. The van der Waals surface area contributed by atoms with Crippen molar-refractivity contribution in [3.63, 3.8) is 0 Å². The van der Waals surface area contributed by atoms with E-state index in [9.17, 15) is 4.39 Å². The van der Waals surface area contributed by atoms with Crippen molar-refractivity contribution in [2.45, 2.75) is 6.54 Å². The van der Waals surface area contributed by atoms with Crippen LogP contribution >= 0.6 is 0 Å². The van der Waals surface area contributed by atoms with Gasteiger partial charge in [0.15, 0.2) is 5.82 Å². The van der Waals surface area contributed by atoms with Crippen LogP contribution in [0.1, 0.15) is 5.56 Å². The van der Waals surface area contributed by atoms with E-state index in [0.29, 0.717) is 18.1 Å². The third-order valence-electron chi connectivity index (χ3n) is 4.25. The van der Waals surface area contributed by atoms with E-state index in [2.05, 4.69) is 15.5 Å². The lowest BCUT2D eigenvalue weighted by Gasteiger charge is -2.13. The number of benzene rings is 3. The van der Waals surface area contributed by atoms with Gasteiger partial charge in [-0.25, -0.2) is 4.39 Å². The third kappa shape index (κ3) is 2.76. The van der Waals surface area contributed by atoms with Gasteiger partial charge in [0.1, 0.15) is 11.5 Å². The first-order valence-electron chi connectivity index (χ1n) is 8.20. The first-order valence-corrected chi connectivity index (χ1v) is 8.20. The molecule has 0 aliphatic carbocycles. The molecule has 6 heteroatoms.